The third-order valence-corrected chi connectivity index (χ3v) is 4.91. The molecule has 1 amide bonds. The second kappa shape index (κ2) is 11.9. The number of amides is 1. The van der Waals surface area contributed by atoms with Crippen LogP contribution in [-0.4, -0.2) is 32.1 Å². The van der Waals surface area contributed by atoms with Gasteiger partial charge in [0.15, 0.2) is 18.1 Å². The molecule has 2 aromatic rings. The molecule has 34 heavy (non-hydrogen) atoms. The van der Waals surface area contributed by atoms with Gasteiger partial charge in [0.05, 0.1) is 7.11 Å². The van der Waals surface area contributed by atoms with Gasteiger partial charge >= 0.3 is 5.97 Å². The Morgan fingerprint density at radius 3 is 2.41 bits per heavy atom. The fourth-order valence-corrected chi connectivity index (χ4v) is 3.15. The van der Waals surface area contributed by atoms with Gasteiger partial charge in [-0.05, 0) is 54.2 Å². The average Bonchev–Trinajstić information content (AvgIpc) is 2.80. The summed E-state index contributed by atoms with van der Waals surface area (Å²) >= 11 is 0. The van der Waals surface area contributed by atoms with Crippen LogP contribution in [0.15, 0.2) is 42.0 Å². The number of carbonyl (C=O) groups excluding carboxylic acids is 2. The minimum atomic E-state index is -0.585. The molecular weight excluding hydrogens is 432 g/mol. The molecule has 0 saturated heterocycles. The fourth-order valence-electron chi connectivity index (χ4n) is 3.15. The maximum absolute atomic E-state index is 12.5. The first-order valence-electron chi connectivity index (χ1n) is 11.1. The van der Waals surface area contributed by atoms with Gasteiger partial charge in [0.1, 0.15) is 17.4 Å². The molecular formula is C27H32N2O5. The van der Waals surface area contributed by atoms with Crippen LogP contribution in [0.5, 0.6) is 17.2 Å². The van der Waals surface area contributed by atoms with Crippen LogP contribution >= 0.6 is 0 Å². The summed E-state index contributed by atoms with van der Waals surface area (Å²) in [5, 5.41) is 12.0. The number of methoxy groups -OCH3 is 1. The van der Waals surface area contributed by atoms with Gasteiger partial charge in [-0.25, -0.2) is 4.79 Å². The van der Waals surface area contributed by atoms with Crippen LogP contribution in [-0.2, 0) is 15.0 Å². The van der Waals surface area contributed by atoms with Crippen molar-refractivity contribution in [1.82, 2.24) is 5.32 Å². The van der Waals surface area contributed by atoms with E-state index in [1.165, 1.54) is 13.2 Å². The number of hydrogen-bond acceptors (Lipinski definition) is 6. The van der Waals surface area contributed by atoms with Crippen molar-refractivity contribution in [3.8, 4) is 23.3 Å². The molecule has 0 radical (unpaired) electrons. The Balaban J connectivity index is 2.13. The molecule has 7 heteroatoms. The van der Waals surface area contributed by atoms with E-state index in [1.807, 2.05) is 38.1 Å². The van der Waals surface area contributed by atoms with Gasteiger partial charge < -0.3 is 19.5 Å². The maximum Gasteiger partial charge on any atom is 0.349 e. The highest BCUT2D eigenvalue weighted by molar-refractivity contribution is 6.01. The summed E-state index contributed by atoms with van der Waals surface area (Å²) in [6.45, 7) is 10.4. The Labute approximate surface area is 201 Å². The number of nitriles is 1. The van der Waals surface area contributed by atoms with Crippen molar-refractivity contribution in [3.05, 3.63) is 58.7 Å². The summed E-state index contributed by atoms with van der Waals surface area (Å²) < 4.78 is 16.5. The predicted molar refractivity (Wildman–Crippen MR) is 131 cm³/mol. The zero-order chi connectivity index (χ0) is 25.3. The van der Waals surface area contributed by atoms with Crippen LogP contribution in [0, 0.1) is 18.3 Å². The molecule has 7 nitrogen and oxygen atoms in total. The van der Waals surface area contributed by atoms with E-state index in [0.717, 1.165) is 17.5 Å². The number of nitrogens with one attached hydrogen (secondary N) is 1. The quantitative estimate of drug-likeness (QED) is 0.250. The topological polar surface area (TPSA) is 97.7 Å². The predicted octanol–water partition coefficient (Wildman–Crippen LogP) is 4.72. The molecule has 180 valence electrons. The maximum atomic E-state index is 12.5. The summed E-state index contributed by atoms with van der Waals surface area (Å²) in [7, 11) is 1.44. The second-order valence-corrected chi connectivity index (χ2v) is 8.85. The first-order chi connectivity index (χ1) is 16.1. The summed E-state index contributed by atoms with van der Waals surface area (Å²) in [4.78, 5) is 24.6. The highest BCUT2D eigenvalue weighted by Crippen LogP contribution is 2.33. The third kappa shape index (κ3) is 7.38. The molecule has 0 aliphatic heterocycles. The molecule has 0 aromatic heterocycles. The molecule has 0 heterocycles. The molecule has 0 aliphatic carbocycles. The molecule has 0 aliphatic rings. The summed E-state index contributed by atoms with van der Waals surface area (Å²) in [6.07, 6.45) is 2.22. The summed E-state index contributed by atoms with van der Waals surface area (Å²) in [5.41, 5.74) is 2.51. The standard InChI is InChI=1S/C27H32N2O5/c1-7-12-29-26(31)20(16-28)14-19-9-11-23(24(15-19)32-6)34-25(30)17-33-22-10-8-18(2)13-21(22)27(3,4)5/h8-11,13-15H,7,12,17H2,1-6H3,(H,29,31)/b20-14+. The lowest BCUT2D eigenvalue weighted by Gasteiger charge is -2.23. The van der Waals surface area contributed by atoms with Crippen LogP contribution in [0.4, 0.5) is 0 Å². The van der Waals surface area contributed by atoms with Crippen LogP contribution in [0.1, 0.15) is 50.8 Å². The molecule has 0 spiro atoms. The lowest BCUT2D eigenvalue weighted by atomic mass is 9.85. The summed E-state index contributed by atoms with van der Waals surface area (Å²) in [5.74, 6) is 0.106. The number of carbonyl (C=O) groups is 2. The van der Waals surface area contributed by atoms with Crippen LogP contribution in [0.25, 0.3) is 6.08 Å². The number of benzene rings is 2. The molecule has 0 fully saturated rings. The zero-order valence-corrected chi connectivity index (χ0v) is 20.7. The highest BCUT2D eigenvalue weighted by Gasteiger charge is 2.20. The zero-order valence-electron chi connectivity index (χ0n) is 20.7. The first kappa shape index (κ1) is 26.5. The van der Waals surface area contributed by atoms with Gasteiger partial charge in [-0.3, -0.25) is 4.79 Å². The number of rotatable bonds is 9. The fraction of sp³-hybridized carbons (Fsp3) is 0.370. The van der Waals surface area contributed by atoms with Gasteiger partial charge in [-0.1, -0.05) is 51.5 Å². The normalized spacial score (nSPS) is 11.4. The van der Waals surface area contributed by atoms with Crippen LogP contribution < -0.4 is 19.5 Å². The SMILES string of the molecule is CCCNC(=O)/C(C#N)=C/c1ccc(OC(=O)COc2ccc(C)cc2C(C)(C)C)c(OC)c1. The van der Waals surface area contributed by atoms with E-state index in [-0.39, 0.29) is 23.3 Å². The average molecular weight is 465 g/mol. The minimum Gasteiger partial charge on any atom is -0.493 e. The molecule has 0 saturated carbocycles. The van der Waals surface area contributed by atoms with Crippen molar-refractivity contribution in [3.63, 3.8) is 0 Å². The molecule has 1 N–H and O–H groups in total. The van der Waals surface area contributed by atoms with Crippen molar-refractivity contribution in [2.75, 3.05) is 20.3 Å². The molecule has 0 bridgehead atoms. The van der Waals surface area contributed by atoms with E-state index in [0.29, 0.717) is 23.6 Å². The Morgan fingerprint density at radius 2 is 1.79 bits per heavy atom. The number of hydrogen-bond donors (Lipinski definition) is 1. The second-order valence-electron chi connectivity index (χ2n) is 8.85. The summed E-state index contributed by atoms with van der Waals surface area (Å²) in [6, 6.07) is 12.5. The van der Waals surface area contributed by atoms with Gasteiger partial charge in [0, 0.05) is 6.54 Å². The molecule has 0 unspecified atom stereocenters. The third-order valence-electron chi connectivity index (χ3n) is 4.91. The lowest BCUT2D eigenvalue weighted by molar-refractivity contribution is -0.136. The lowest BCUT2D eigenvalue weighted by Crippen LogP contribution is -2.25. The Bertz CT molecular complexity index is 1110. The van der Waals surface area contributed by atoms with E-state index >= 15 is 0 Å². The molecule has 2 rings (SSSR count). The van der Waals surface area contributed by atoms with Gasteiger partial charge in [0.25, 0.3) is 5.91 Å². The van der Waals surface area contributed by atoms with Crippen molar-refractivity contribution in [2.24, 2.45) is 0 Å². The highest BCUT2D eigenvalue weighted by atomic mass is 16.6. The van der Waals surface area contributed by atoms with Crippen molar-refractivity contribution in [2.45, 2.75) is 46.5 Å². The monoisotopic (exact) mass is 464 g/mol. The van der Waals surface area contributed by atoms with Crippen molar-refractivity contribution in [1.29, 1.82) is 5.26 Å². The van der Waals surface area contributed by atoms with Crippen LogP contribution in [0.3, 0.4) is 0 Å². The van der Waals surface area contributed by atoms with Crippen LogP contribution in [0.2, 0.25) is 0 Å². The Morgan fingerprint density at radius 1 is 1.09 bits per heavy atom. The van der Waals surface area contributed by atoms with Crippen molar-refractivity contribution >= 4 is 18.0 Å². The molecule has 0 atom stereocenters. The number of ether oxygens (including phenoxy) is 3. The number of nitrogens with zero attached hydrogens (tertiary/aromatic N) is 1. The first-order valence-corrected chi connectivity index (χ1v) is 11.1. The largest absolute Gasteiger partial charge is 0.493 e. The smallest absolute Gasteiger partial charge is 0.349 e. The van der Waals surface area contributed by atoms with Gasteiger partial charge in [0.2, 0.25) is 0 Å². The van der Waals surface area contributed by atoms with Gasteiger partial charge in [-0.15, -0.1) is 0 Å². The number of aryl methyl sites for hydroxylation is 1. The van der Waals surface area contributed by atoms with E-state index in [2.05, 4.69) is 26.1 Å². The minimum absolute atomic E-state index is 0.0265. The van der Waals surface area contributed by atoms with E-state index < -0.39 is 11.9 Å². The Kier molecular flexibility index (Phi) is 9.26. The molecule has 2 aromatic carbocycles. The van der Waals surface area contributed by atoms with Crippen molar-refractivity contribution < 1.29 is 23.8 Å². The van der Waals surface area contributed by atoms with Gasteiger partial charge in [-0.2, -0.15) is 5.26 Å². The van der Waals surface area contributed by atoms with E-state index in [4.69, 9.17) is 14.2 Å². The van der Waals surface area contributed by atoms with E-state index in [9.17, 15) is 14.9 Å². The number of esters is 1. The van der Waals surface area contributed by atoms with E-state index in [1.54, 1.807) is 18.2 Å². The Hall–Kier alpha value is -3.79.